The Bertz CT molecular complexity index is 1580. The van der Waals surface area contributed by atoms with E-state index in [0.717, 1.165) is 16.9 Å². The fourth-order valence-corrected chi connectivity index (χ4v) is 6.61. The minimum Gasteiger partial charge on any atom is -0.496 e. The maximum absolute atomic E-state index is 6.31. The molecule has 0 saturated heterocycles. The Labute approximate surface area is 232 Å². The largest absolute Gasteiger partial charge is 0.496 e. The van der Waals surface area contributed by atoms with Gasteiger partial charge < -0.3 is 4.74 Å². The quantitative estimate of drug-likeness (QED) is 0.219. The van der Waals surface area contributed by atoms with Crippen LogP contribution in [0.25, 0.3) is 21.9 Å². The zero-order valence-corrected chi connectivity index (χ0v) is 24.1. The first-order valence-corrected chi connectivity index (χ1v) is 13.6. The highest BCUT2D eigenvalue weighted by molar-refractivity contribution is 6.98. The third kappa shape index (κ3) is 4.63. The van der Waals surface area contributed by atoms with Gasteiger partial charge in [-0.2, -0.15) is 0 Å². The summed E-state index contributed by atoms with van der Waals surface area (Å²) in [7, 11) is 1.70. The second-order valence-electron chi connectivity index (χ2n) is 10.7. The average Bonchev–Trinajstić information content (AvgIpc) is 2.86. The first-order valence-electron chi connectivity index (χ1n) is 13.2. The predicted molar refractivity (Wildman–Crippen MR) is 167 cm³/mol. The standard InChI is InChI=1S/C35H34BClO/c1-21-16-23(3)34(24(4)17-21)36(35-25(5)18-22(2)19-26(35)6)32-15-14-29(28-10-8-9-11-30(28)32)31-13-12-27(37)20-33(31)38-7/h8-20H,1-7H3. The van der Waals surface area contributed by atoms with E-state index in [9.17, 15) is 0 Å². The second-order valence-corrected chi connectivity index (χ2v) is 11.1. The normalized spacial score (nSPS) is 11.2. The van der Waals surface area contributed by atoms with Gasteiger partial charge in [-0.1, -0.05) is 122 Å². The molecule has 5 aromatic rings. The number of benzene rings is 5. The maximum atomic E-state index is 6.31. The fourth-order valence-electron chi connectivity index (χ4n) is 6.44. The lowest BCUT2D eigenvalue weighted by Gasteiger charge is -2.26. The van der Waals surface area contributed by atoms with Gasteiger partial charge in [0.2, 0.25) is 6.71 Å². The van der Waals surface area contributed by atoms with E-state index >= 15 is 0 Å². The Morgan fingerprint density at radius 3 is 1.61 bits per heavy atom. The summed E-state index contributed by atoms with van der Waals surface area (Å²) in [6.45, 7) is 13.5. The molecule has 38 heavy (non-hydrogen) atoms. The number of fused-ring (bicyclic) bond motifs is 1. The predicted octanol–water partition coefficient (Wildman–Crippen LogP) is 7.54. The molecular weight excluding hydrogens is 483 g/mol. The van der Waals surface area contributed by atoms with Crippen molar-refractivity contribution in [2.75, 3.05) is 7.11 Å². The van der Waals surface area contributed by atoms with E-state index in [4.69, 9.17) is 16.3 Å². The highest BCUT2D eigenvalue weighted by Gasteiger charge is 2.30. The van der Waals surface area contributed by atoms with Crippen molar-refractivity contribution < 1.29 is 4.74 Å². The minimum atomic E-state index is 0.113. The lowest BCUT2D eigenvalue weighted by atomic mass is 9.33. The molecule has 3 heteroatoms. The number of aryl methyl sites for hydroxylation is 6. The van der Waals surface area contributed by atoms with Crippen LogP contribution >= 0.6 is 11.6 Å². The van der Waals surface area contributed by atoms with Crippen LogP contribution in [0.5, 0.6) is 5.75 Å². The number of methoxy groups -OCH3 is 1. The zero-order chi connectivity index (χ0) is 27.1. The van der Waals surface area contributed by atoms with Crippen molar-refractivity contribution >= 4 is 45.5 Å². The molecule has 0 amide bonds. The van der Waals surface area contributed by atoms with Crippen LogP contribution in [0.1, 0.15) is 33.4 Å². The van der Waals surface area contributed by atoms with Crippen LogP contribution in [-0.4, -0.2) is 13.8 Å². The van der Waals surface area contributed by atoms with Gasteiger partial charge in [0.05, 0.1) is 7.11 Å². The molecule has 190 valence electrons. The first-order chi connectivity index (χ1) is 18.2. The minimum absolute atomic E-state index is 0.113. The smallest absolute Gasteiger partial charge is 0.243 e. The molecule has 0 bridgehead atoms. The zero-order valence-electron chi connectivity index (χ0n) is 23.4. The van der Waals surface area contributed by atoms with E-state index in [1.54, 1.807) is 7.11 Å². The van der Waals surface area contributed by atoms with Crippen LogP contribution in [0.4, 0.5) is 0 Å². The SMILES string of the molecule is COc1cc(Cl)ccc1-c1ccc(B(c2c(C)cc(C)cc2C)c2c(C)cc(C)cc2C)c2ccccc12. The molecule has 0 fully saturated rings. The topological polar surface area (TPSA) is 9.23 Å². The van der Waals surface area contributed by atoms with Crippen LogP contribution in [0.2, 0.25) is 5.02 Å². The Balaban J connectivity index is 1.86. The Hall–Kier alpha value is -3.49. The summed E-state index contributed by atoms with van der Waals surface area (Å²) in [5, 5.41) is 3.13. The van der Waals surface area contributed by atoms with Gasteiger partial charge in [-0.15, -0.1) is 0 Å². The van der Waals surface area contributed by atoms with E-state index in [0.29, 0.717) is 5.02 Å². The summed E-state index contributed by atoms with van der Waals surface area (Å²) in [5.74, 6) is 0.780. The summed E-state index contributed by atoms with van der Waals surface area (Å²) in [6, 6.07) is 28.5. The molecule has 0 aromatic heterocycles. The van der Waals surface area contributed by atoms with Crippen molar-refractivity contribution in [3.63, 3.8) is 0 Å². The van der Waals surface area contributed by atoms with Crippen LogP contribution in [0, 0.1) is 41.5 Å². The molecule has 0 aliphatic rings. The number of hydrogen-bond acceptors (Lipinski definition) is 1. The average molecular weight is 517 g/mol. The monoisotopic (exact) mass is 516 g/mol. The number of ether oxygens (including phenoxy) is 1. The van der Waals surface area contributed by atoms with Crippen LogP contribution < -0.4 is 21.1 Å². The van der Waals surface area contributed by atoms with Crippen LogP contribution in [0.3, 0.4) is 0 Å². The van der Waals surface area contributed by atoms with Crippen molar-refractivity contribution in [1.29, 1.82) is 0 Å². The van der Waals surface area contributed by atoms with E-state index in [1.165, 1.54) is 60.5 Å². The molecule has 5 aromatic carbocycles. The van der Waals surface area contributed by atoms with Crippen molar-refractivity contribution in [2.45, 2.75) is 41.5 Å². The van der Waals surface area contributed by atoms with Gasteiger partial charge in [0.1, 0.15) is 5.75 Å². The number of hydrogen-bond donors (Lipinski definition) is 0. The third-order valence-electron chi connectivity index (χ3n) is 7.78. The third-order valence-corrected chi connectivity index (χ3v) is 8.01. The maximum Gasteiger partial charge on any atom is 0.243 e. The van der Waals surface area contributed by atoms with E-state index < -0.39 is 0 Å². The molecule has 0 N–H and O–H groups in total. The highest BCUT2D eigenvalue weighted by Crippen LogP contribution is 2.36. The lowest BCUT2D eigenvalue weighted by molar-refractivity contribution is 0.416. The van der Waals surface area contributed by atoms with Crippen molar-refractivity contribution in [3.8, 4) is 16.9 Å². The van der Waals surface area contributed by atoms with Gasteiger partial charge in [0.25, 0.3) is 0 Å². The molecule has 5 rings (SSSR count). The van der Waals surface area contributed by atoms with E-state index in [-0.39, 0.29) is 6.71 Å². The summed E-state index contributed by atoms with van der Waals surface area (Å²) in [5.41, 5.74) is 14.2. The summed E-state index contributed by atoms with van der Waals surface area (Å²) in [6.07, 6.45) is 0. The lowest BCUT2D eigenvalue weighted by Crippen LogP contribution is -2.56. The number of rotatable bonds is 5. The molecule has 0 saturated carbocycles. The summed E-state index contributed by atoms with van der Waals surface area (Å²) < 4.78 is 5.75. The molecule has 0 aliphatic carbocycles. The molecule has 0 aliphatic heterocycles. The van der Waals surface area contributed by atoms with Gasteiger partial charge in [-0.05, 0) is 76.1 Å². The van der Waals surface area contributed by atoms with Gasteiger partial charge in [-0.25, -0.2) is 0 Å². The number of halogens is 1. The Morgan fingerprint density at radius 2 is 1.08 bits per heavy atom. The fraction of sp³-hybridized carbons (Fsp3) is 0.200. The van der Waals surface area contributed by atoms with Crippen molar-refractivity contribution in [3.05, 3.63) is 117 Å². The van der Waals surface area contributed by atoms with E-state index in [1.807, 2.05) is 12.1 Å². The molecule has 0 spiro atoms. The Morgan fingerprint density at radius 1 is 0.579 bits per heavy atom. The highest BCUT2D eigenvalue weighted by atomic mass is 35.5. The summed E-state index contributed by atoms with van der Waals surface area (Å²) >= 11 is 6.31. The summed E-state index contributed by atoms with van der Waals surface area (Å²) in [4.78, 5) is 0. The van der Waals surface area contributed by atoms with Crippen LogP contribution in [0.15, 0.2) is 78.9 Å². The van der Waals surface area contributed by atoms with Gasteiger partial charge in [0, 0.05) is 10.6 Å². The molecule has 0 unspecified atom stereocenters. The van der Waals surface area contributed by atoms with Crippen molar-refractivity contribution in [1.82, 2.24) is 0 Å². The molecular formula is C35H34BClO. The first kappa shape index (κ1) is 26.1. The molecule has 0 radical (unpaired) electrons. The van der Waals surface area contributed by atoms with Gasteiger partial charge in [-0.3, -0.25) is 0 Å². The van der Waals surface area contributed by atoms with Crippen molar-refractivity contribution in [2.24, 2.45) is 0 Å². The van der Waals surface area contributed by atoms with E-state index in [2.05, 4.69) is 108 Å². The molecule has 0 heterocycles. The van der Waals surface area contributed by atoms with Crippen LogP contribution in [-0.2, 0) is 0 Å². The van der Waals surface area contributed by atoms with Gasteiger partial charge in [0.15, 0.2) is 0 Å². The Kier molecular flexibility index (Phi) is 7.12. The molecule has 1 nitrogen and oxygen atoms in total. The van der Waals surface area contributed by atoms with Gasteiger partial charge >= 0.3 is 0 Å². The molecule has 0 atom stereocenters. The second kappa shape index (κ2) is 10.3.